The van der Waals surface area contributed by atoms with Gasteiger partial charge in [-0.25, -0.2) is 4.57 Å². The number of hydrogen-bond acceptors (Lipinski definition) is 5. The summed E-state index contributed by atoms with van der Waals surface area (Å²) in [7, 11) is 1.56. The first-order chi connectivity index (χ1) is 38.0. The summed E-state index contributed by atoms with van der Waals surface area (Å²) in [6.07, 6.45) is 80.4. The van der Waals surface area contributed by atoms with E-state index in [1.54, 1.807) is 6.08 Å². The highest BCUT2D eigenvalue weighted by molar-refractivity contribution is 7.47. The zero-order valence-corrected chi connectivity index (χ0v) is 53.8. The minimum atomic E-state index is -4.36. The Kier molecular flexibility index (Phi) is 59.3. The molecule has 3 atom stereocenters. The summed E-state index contributed by atoms with van der Waals surface area (Å²) in [5.41, 5.74) is 0. The molecule has 0 aliphatic heterocycles. The van der Waals surface area contributed by atoms with E-state index in [2.05, 4.69) is 43.5 Å². The number of aliphatic hydroxyl groups is 1. The third kappa shape index (κ3) is 62.3. The lowest BCUT2D eigenvalue weighted by Crippen LogP contribution is -2.45. The van der Waals surface area contributed by atoms with Crippen LogP contribution >= 0.6 is 7.82 Å². The number of aliphatic hydroxyl groups excluding tert-OH is 1. The molecule has 3 N–H and O–H groups in total. The quantitative estimate of drug-likeness (QED) is 0.0243. The molecule has 0 aromatic rings. The summed E-state index contributed by atoms with van der Waals surface area (Å²) >= 11 is 0. The number of phosphoric acid groups is 1. The number of rotatable bonds is 64. The Bertz CT molecular complexity index is 1360. The van der Waals surface area contributed by atoms with Crippen LogP contribution in [0.15, 0.2) is 36.5 Å². The minimum Gasteiger partial charge on any atom is -0.387 e. The van der Waals surface area contributed by atoms with Crippen molar-refractivity contribution in [2.45, 2.75) is 360 Å². The smallest absolute Gasteiger partial charge is 0.387 e. The van der Waals surface area contributed by atoms with E-state index >= 15 is 0 Å². The van der Waals surface area contributed by atoms with Crippen molar-refractivity contribution >= 4 is 13.7 Å². The molecule has 0 fully saturated rings. The highest BCUT2D eigenvalue weighted by atomic mass is 31.2. The SMILES string of the molecule is CCCCCCC/C=C/CC/C=C/CC/C=C/C(O)C(COP(=O)(O)OCC[N+](C)(C)C)NC(=O)CCCCCCCCCCCCCCCCCCCCCCCCCCCCCCCCCCCCCCCCCCC. The van der Waals surface area contributed by atoms with Gasteiger partial charge in [0.05, 0.1) is 39.9 Å². The summed E-state index contributed by atoms with van der Waals surface area (Å²) in [6.45, 7) is 4.81. The topological polar surface area (TPSA) is 105 Å². The first kappa shape index (κ1) is 76.7. The molecule has 0 aromatic carbocycles. The lowest BCUT2D eigenvalue weighted by molar-refractivity contribution is -0.870. The molecule has 0 radical (unpaired) electrons. The largest absolute Gasteiger partial charge is 0.472 e. The van der Waals surface area contributed by atoms with Gasteiger partial charge in [0.2, 0.25) is 5.91 Å². The molecule has 1 amide bonds. The Morgan fingerprint density at radius 3 is 1.03 bits per heavy atom. The lowest BCUT2D eigenvalue weighted by atomic mass is 10.0. The molecule has 8 nitrogen and oxygen atoms in total. The number of amides is 1. The number of nitrogens with zero attached hydrogens (tertiary/aromatic N) is 1. The first-order valence-electron chi connectivity index (χ1n) is 34.4. The van der Waals surface area contributed by atoms with Crippen molar-refractivity contribution in [3.63, 3.8) is 0 Å². The van der Waals surface area contributed by atoms with Crippen LogP contribution in [-0.4, -0.2) is 73.4 Å². The molecule has 78 heavy (non-hydrogen) atoms. The van der Waals surface area contributed by atoms with Crippen molar-refractivity contribution in [3.8, 4) is 0 Å². The fourth-order valence-electron chi connectivity index (χ4n) is 10.5. The molecule has 0 heterocycles. The molecule has 0 saturated carbocycles. The fourth-order valence-corrected chi connectivity index (χ4v) is 11.2. The van der Waals surface area contributed by atoms with Crippen molar-refractivity contribution < 1.29 is 32.9 Å². The monoisotopic (exact) mass is 1120 g/mol. The predicted molar refractivity (Wildman–Crippen MR) is 341 cm³/mol. The van der Waals surface area contributed by atoms with Crippen LogP contribution in [0.3, 0.4) is 0 Å². The molecule has 462 valence electrons. The number of carbonyl (C=O) groups is 1. The molecule has 0 aromatic heterocycles. The van der Waals surface area contributed by atoms with E-state index in [9.17, 15) is 19.4 Å². The molecule has 0 rings (SSSR count). The van der Waals surface area contributed by atoms with Gasteiger partial charge in [-0.2, -0.15) is 0 Å². The maximum atomic E-state index is 13.0. The summed E-state index contributed by atoms with van der Waals surface area (Å²) in [5, 5.41) is 13.9. The van der Waals surface area contributed by atoms with Crippen LogP contribution in [0.4, 0.5) is 0 Å². The standard InChI is InChI=1S/C69H135N2O6P/c1-6-8-10-12-14-16-18-20-22-23-24-25-26-27-28-29-30-31-32-33-34-35-36-37-38-39-40-41-42-43-44-45-46-47-49-51-53-55-57-59-61-63-69(73)70-67(66-77-78(74,75)76-65-64-71(3,4)5)68(72)62-60-58-56-54-52-50-48-21-19-17-15-13-11-9-7-2/h19,21,52,54,60,62,67-68,72H,6-18,20,22-51,53,55-59,61,63-66H2,1-5H3,(H-,70,73,74,75)/p+1/b21-19+,54-52+,62-60+. The van der Waals surface area contributed by atoms with Crippen LogP contribution in [0, 0.1) is 0 Å². The van der Waals surface area contributed by atoms with E-state index in [-0.39, 0.29) is 19.1 Å². The maximum absolute atomic E-state index is 13.0. The first-order valence-corrected chi connectivity index (χ1v) is 35.9. The van der Waals surface area contributed by atoms with Crippen LogP contribution in [0.25, 0.3) is 0 Å². The Hall–Kier alpha value is -1.28. The third-order valence-corrected chi connectivity index (χ3v) is 16.8. The Labute approximate surface area is 487 Å². The van der Waals surface area contributed by atoms with Gasteiger partial charge < -0.3 is 19.8 Å². The number of unbranched alkanes of at least 4 members (excludes halogenated alkanes) is 47. The van der Waals surface area contributed by atoms with Crippen LogP contribution in [-0.2, 0) is 18.4 Å². The van der Waals surface area contributed by atoms with Crippen molar-refractivity contribution in [1.29, 1.82) is 0 Å². The van der Waals surface area contributed by atoms with Crippen molar-refractivity contribution in [2.24, 2.45) is 0 Å². The van der Waals surface area contributed by atoms with Crippen molar-refractivity contribution in [2.75, 3.05) is 40.9 Å². The summed E-state index contributed by atoms with van der Waals surface area (Å²) in [6, 6.07) is -0.868. The van der Waals surface area contributed by atoms with E-state index in [1.807, 2.05) is 27.2 Å². The molecule has 0 bridgehead atoms. The molecule has 0 aliphatic rings. The Morgan fingerprint density at radius 2 is 0.705 bits per heavy atom. The van der Waals surface area contributed by atoms with Gasteiger partial charge in [0.1, 0.15) is 13.2 Å². The van der Waals surface area contributed by atoms with E-state index in [4.69, 9.17) is 9.05 Å². The van der Waals surface area contributed by atoms with Crippen LogP contribution in [0.2, 0.25) is 0 Å². The second-order valence-electron chi connectivity index (χ2n) is 24.9. The van der Waals surface area contributed by atoms with E-state index in [1.165, 1.54) is 283 Å². The van der Waals surface area contributed by atoms with E-state index < -0.39 is 20.0 Å². The van der Waals surface area contributed by atoms with Gasteiger partial charge >= 0.3 is 7.82 Å². The molecular weight excluding hydrogens is 984 g/mol. The van der Waals surface area contributed by atoms with Crippen LogP contribution < -0.4 is 5.32 Å². The molecule has 0 saturated heterocycles. The van der Waals surface area contributed by atoms with Crippen LogP contribution in [0.5, 0.6) is 0 Å². The molecule has 0 spiro atoms. The highest BCUT2D eigenvalue weighted by Gasteiger charge is 2.28. The molecular formula is C69H136N2O6P+. The zero-order chi connectivity index (χ0) is 57.0. The van der Waals surface area contributed by atoms with Crippen LogP contribution in [0.1, 0.15) is 348 Å². The van der Waals surface area contributed by atoms with Crippen molar-refractivity contribution in [3.05, 3.63) is 36.5 Å². The third-order valence-electron chi connectivity index (χ3n) is 15.8. The number of carbonyl (C=O) groups excluding carboxylic acids is 1. The number of likely N-dealkylation sites (N-methyl/N-ethyl adjacent to an activating group) is 1. The zero-order valence-electron chi connectivity index (χ0n) is 52.9. The Morgan fingerprint density at radius 1 is 0.423 bits per heavy atom. The van der Waals surface area contributed by atoms with Gasteiger partial charge in [-0.1, -0.05) is 333 Å². The number of allylic oxidation sites excluding steroid dienone is 5. The lowest BCUT2D eigenvalue weighted by Gasteiger charge is -2.25. The van der Waals surface area contributed by atoms with Gasteiger partial charge in [-0.15, -0.1) is 0 Å². The fraction of sp³-hybridized carbons (Fsp3) is 0.899. The average molecular weight is 1120 g/mol. The van der Waals surface area contributed by atoms with Crippen molar-refractivity contribution in [1.82, 2.24) is 5.32 Å². The maximum Gasteiger partial charge on any atom is 0.472 e. The normalized spacial score (nSPS) is 13.9. The number of nitrogens with one attached hydrogen (secondary N) is 1. The number of hydrogen-bond donors (Lipinski definition) is 3. The molecule has 3 unspecified atom stereocenters. The average Bonchev–Trinajstić information content (AvgIpc) is 3.41. The summed E-state index contributed by atoms with van der Waals surface area (Å²) in [5.74, 6) is -0.185. The van der Waals surface area contributed by atoms with E-state index in [0.29, 0.717) is 17.4 Å². The highest BCUT2D eigenvalue weighted by Crippen LogP contribution is 2.43. The second-order valence-corrected chi connectivity index (χ2v) is 26.4. The van der Waals surface area contributed by atoms with Gasteiger partial charge in [0.15, 0.2) is 0 Å². The predicted octanol–water partition coefficient (Wildman–Crippen LogP) is 21.7. The van der Waals surface area contributed by atoms with Gasteiger partial charge in [-0.3, -0.25) is 13.8 Å². The summed E-state index contributed by atoms with van der Waals surface area (Å²) in [4.78, 5) is 23.3. The van der Waals surface area contributed by atoms with Gasteiger partial charge in [0, 0.05) is 6.42 Å². The van der Waals surface area contributed by atoms with Gasteiger partial charge in [0.25, 0.3) is 0 Å². The second kappa shape index (κ2) is 60.3. The van der Waals surface area contributed by atoms with E-state index in [0.717, 1.165) is 44.9 Å². The summed E-state index contributed by atoms with van der Waals surface area (Å²) < 4.78 is 23.7. The minimum absolute atomic E-state index is 0.0551. The Balaban J connectivity index is 3.85. The number of phosphoric ester groups is 1. The van der Waals surface area contributed by atoms with Gasteiger partial charge in [-0.05, 0) is 44.9 Å². The molecule has 0 aliphatic carbocycles. The molecule has 9 heteroatoms. The number of quaternary nitrogens is 1.